The third-order valence-electron chi connectivity index (χ3n) is 1.42. The van der Waals surface area contributed by atoms with Gasteiger partial charge in [-0.05, 0) is 12.1 Å². The van der Waals surface area contributed by atoms with Gasteiger partial charge >= 0.3 is 6.03 Å². The SMILES string of the molecule is COc1cc(F)ccc1NC(N)=O. The lowest BCUT2D eigenvalue weighted by atomic mass is 10.3. The first-order chi connectivity index (χ1) is 6.13. The predicted molar refractivity (Wildman–Crippen MR) is 46.2 cm³/mol. The van der Waals surface area contributed by atoms with E-state index in [1.807, 2.05) is 0 Å². The van der Waals surface area contributed by atoms with E-state index in [9.17, 15) is 9.18 Å². The fraction of sp³-hybridized carbons (Fsp3) is 0.125. The van der Waals surface area contributed by atoms with E-state index in [1.165, 1.54) is 19.2 Å². The molecule has 0 aromatic heterocycles. The quantitative estimate of drug-likeness (QED) is 0.728. The van der Waals surface area contributed by atoms with E-state index in [0.717, 1.165) is 6.07 Å². The van der Waals surface area contributed by atoms with Crippen molar-refractivity contribution in [1.29, 1.82) is 0 Å². The normalized spacial score (nSPS) is 9.38. The van der Waals surface area contributed by atoms with Gasteiger partial charge in [-0.25, -0.2) is 9.18 Å². The molecule has 0 unspecified atom stereocenters. The molecule has 2 amide bonds. The molecule has 0 radical (unpaired) electrons. The maximum absolute atomic E-state index is 12.6. The average Bonchev–Trinajstić information content (AvgIpc) is 2.07. The third kappa shape index (κ3) is 2.33. The maximum Gasteiger partial charge on any atom is 0.316 e. The lowest BCUT2D eigenvalue weighted by Crippen LogP contribution is -2.19. The van der Waals surface area contributed by atoms with Crippen LogP contribution in [0.5, 0.6) is 5.75 Å². The molecule has 4 nitrogen and oxygen atoms in total. The summed E-state index contributed by atoms with van der Waals surface area (Å²) in [5.41, 5.74) is 5.23. The largest absolute Gasteiger partial charge is 0.494 e. The summed E-state index contributed by atoms with van der Waals surface area (Å²) in [5, 5.41) is 2.30. The highest BCUT2D eigenvalue weighted by molar-refractivity contribution is 5.89. The number of methoxy groups -OCH3 is 1. The number of rotatable bonds is 2. The molecule has 0 atom stereocenters. The minimum Gasteiger partial charge on any atom is -0.494 e. The molecule has 0 heterocycles. The lowest BCUT2D eigenvalue weighted by Gasteiger charge is -2.07. The van der Waals surface area contributed by atoms with Crippen molar-refractivity contribution >= 4 is 11.7 Å². The Balaban J connectivity index is 2.99. The molecule has 1 aromatic rings. The highest BCUT2D eigenvalue weighted by atomic mass is 19.1. The van der Waals surface area contributed by atoms with E-state index < -0.39 is 11.8 Å². The van der Waals surface area contributed by atoms with E-state index in [2.05, 4.69) is 5.32 Å². The predicted octanol–water partition coefficient (Wildman–Crippen LogP) is 1.32. The van der Waals surface area contributed by atoms with Crippen molar-refractivity contribution in [2.24, 2.45) is 5.73 Å². The number of nitrogens with one attached hydrogen (secondary N) is 1. The minimum atomic E-state index is -0.718. The van der Waals surface area contributed by atoms with E-state index in [1.54, 1.807) is 0 Å². The molecule has 0 aliphatic carbocycles. The first kappa shape index (κ1) is 9.31. The first-order valence-electron chi connectivity index (χ1n) is 3.53. The van der Waals surface area contributed by atoms with Crippen molar-refractivity contribution in [2.45, 2.75) is 0 Å². The van der Waals surface area contributed by atoms with E-state index in [0.29, 0.717) is 5.69 Å². The van der Waals surface area contributed by atoms with Crippen molar-refractivity contribution in [2.75, 3.05) is 12.4 Å². The van der Waals surface area contributed by atoms with Crippen LogP contribution >= 0.6 is 0 Å². The zero-order valence-electron chi connectivity index (χ0n) is 7.00. The summed E-state index contributed by atoms with van der Waals surface area (Å²) in [6.07, 6.45) is 0. The molecule has 0 aliphatic heterocycles. The van der Waals surface area contributed by atoms with Crippen molar-refractivity contribution < 1.29 is 13.9 Å². The van der Waals surface area contributed by atoms with Gasteiger partial charge in [0.1, 0.15) is 11.6 Å². The van der Waals surface area contributed by atoms with Crippen molar-refractivity contribution in [3.63, 3.8) is 0 Å². The van der Waals surface area contributed by atoms with Gasteiger partial charge in [0.15, 0.2) is 0 Å². The number of benzene rings is 1. The number of carbonyl (C=O) groups excluding carboxylic acids is 1. The van der Waals surface area contributed by atoms with Gasteiger partial charge in [0.2, 0.25) is 0 Å². The Morgan fingerprint density at radius 2 is 2.31 bits per heavy atom. The summed E-state index contributed by atoms with van der Waals surface area (Å²) in [6.45, 7) is 0. The Morgan fingerprint density at radius 1 is 1.62 bits per heavy atom. The van der Waals surface area contributed by atoms with Gasteiger partial charge in [-0.15, -0.1) is 0 Å². The van der Waals surface area contributed by atoms with Crippen LogP contribution in [0.25, 0.3) is 0 Å². The van der Waals surface area contributed by atoms with Gasteiger partial charge in [0.25, 0.3) is 0 Å². The topological polar surface area (TPSA) is 64.3 Å². The smallest absolute Gasteiger partial charge is 0.316 e. The average molecular weight is 184 g/mol. The number of nitrogens with two attached hydrogens (primary N) is 1. The number of urea groups is 1. The van der Waals surface area contributed by atoms with E-state index in [-0.39, 0.29) is 5.75 Å². The van der Waals surface area contributed by atoms with Crippen molar-refractivity contribution in [3.05, 3.63) is 24.0 Å². The monoisotopic (exact) mass is 184 g/mol. The summed E-state index contributed by atoms with van der Waals surface area (Å²) in [5.74, 6) is -0.203. The van der Waals surface area contributed by atoms with Crippen LogP contribution in [0.15, 0.2) is 18.2 Å². The Kier molecular flexibility index (Phi) is 2.69. The molecule has 13 heavy (non-hydrogen) atoms. The number of hydrogen-bond acceptors (Lipinski definition) is 2. The second kappa shape index (κ2) is 3.75. The van der Waals surface area contributed by atoms with Gasteiger partial charge in [0.05, 0.1) is 12.8 Å². The molecule has 5 heteroatoms. The van der Waals surface area contributed by atoms with Gasteiger partial charge in [-0.2, -0.15) is 0 Å². The van der Waals surface area contributed by atoms with Crippen LogP contribution in [-0.4, -0.2) is 13.1 Å². The number of hydrogen-bond donors (Lipinski definition) is 2. The third-order valence-corrected chi connectivity index (χ3v) is 1.42. The summed E-state index contributed by atoms with van der Waals surface area (Å²) in [7, 11) is 1.38. The first-order valence-corrected chi connectivity index (χ1v) is 3.53. The van der Waals surface area contributed by atoms with Gasteiger partial charge in [-0.3, -0.25) is 0 Å². The maximum atomic E-state index is 12.6. The van der Waals surface area contributed by atoms with Crippen molar-refractivity contribution in [1.82, 2.24) is 0 Å². The minimum absolute atomic E-state index is 0.235. The number of ether oxygens (including phenoxy) is 1. The van der Waals surface area contributed by atoms with Gasteiger partial charge < -0.3 is 15.8 Å². The highest BCUT2D eigenvalue weighted by Gasteiger charge is 2.05. The van der Waals surface area contributed by atoms with E-state index in [4.69, 9.17) is 10.5 Å². The zero-order valence-corrected chi connectivity index (χ0v) is 7.00. The Hall–Kier alpha value is -1.78. The molecule has 0 aliphatic rings. The highest BCUT2D eigenvalue weighted by Crippen LogP contribution is 2.24. The van der Waals surface area contributed by atoms with Crippen LogP contribution in [0, 0.1) is 5.82 Å². The molecule has 0 fully saturated rings. The summed E-state index contributed by atoms with van der Waals surface area (Å²) < 4.78 is 17.5. The van der Waals surface area contributed by atoms with Gasteiger partial charge in [0, 0.05) is 6.07 Å². The van der Waals surface area contributed by atoms with Crippen LogP contribution in [-0.2, 0) is 0 Å². The summed E-state index contributed by atoms with van der Waals surface area (Å²) >= 11 is 0. The van der Waals surface area contributed by atoms with Crippen LogP contribution in [0.3, 0.4) is 0 Å². The number of halogens is 1. The zero-order chi connectivity index (χ0) is 9.84. The number of anilines is 1. The van der Waals surface area contributed by atoms with Crippen LogP contribution in [0.4, 0.5) is 14.9 Å². The van der Waals surface area contributed by atoms with Crippen LogP contribution in [0.2, 0.25) is 0 Å². The molecule has 0 saturated carbocycles. The van der Waals surface area contributed by atoms with Crippen LogP contribution in [0.1, 0.15) is 0 Å². The standard InChI is InChI=1S/C8H9FN2O2/c1-13-7-4-5(9)2-3-6(7)11-8(10)12/h2-4H,1H3,(H3,10,11,12). The Morgan fingerprint density at radius 3 is 2.85 bits per heavy atom. The Bertz CT molecular complexity index is 328. The molecular formula is C8H9FN2O2. The van der Waals surface area contributed by atoms with Crippen LogP contribution < -0.4 is 15.8 Å². The second-order valence-electron chi connectivity index (χ2n) is 2.33. The van der Waals surface area contributed by atoms with E-state index >= 15 is 0 Å². The summed E-state index contributed by atoms with van der Waals surface area (Å²) in [4.78, 5) is 10.5. The molecular weight excluding hydrogens is 175 g/mol. The number of primary amides is 1. The molecule has 3 N–H and O–H groups in total. The molecule has 0 spiro atoms. The molecule has 1 rings (SSSR count). The second-order valence-corrected chi connectivity index (χ2v) is 2.33. The number of carbonyl (C=O) groups is 1. The lowest BCUT2D eigenvalue weighted by molar-refractivity contribution is 0.259. The molecule has 0 saturated heterocycles. The molecule has 70 valence electrons. The molecule has 0 bridgehead atoms. The summed E-state index contributed by atoms with van der Waals surface area (Å²) in [6, 6.07) is 3.02. The van der Waals surface area contributed by atoms with Gasteiger partial charge in [-0.1, -0.05) is 0 Å². The Labute approximate surface area is 74.5 Å². The fourth-order valence-electron chi connectivity index (χ4n) is 0.901. The van der Waals surface area contributed by atoms with Crippen molar-refractivity contribution in [3.8, 4) is 5.75 Å². The number of amides is 2. The molecule has 1 aromatic carbocycles. The fourth-order valence-corrected chi connectivity index (χ4v) is 0.901.